The molecule has 8 heavy (non-hydrogen) atoms. The van der Waals surface area contributed by atoms with Gasteiger partial charge in [-0.15, -0.1) is 0 Å². The zero-order chi connectivity index (χ0) is 6.73. The third-order valence-corrected chi connectivity index (χ3v) is 0.980. The molecule has 0 aliphatic rings. The molecule has 0 saturated heterocycles. The van der Waals surface area contributed by atoms with E-state index in [4.69, 9.17) is 5.11 Å². The monoisotopic (exact) mass is 116 g/mol. The fourth-order valence-electron chi connectivity index (χ4n) is 0.174. The summed E-state index contributed by atoms with van der Waals surface area (Å²) in [4.78, 5) is 20.1. The van der Waals surface area contributed by atoms with E-state index in [9.17, 15) is 9.59 Å². The first-order valence-corrected chi connectivity index (χ1v) is 2.29. The van der Waals surface area contributed by atoms with Crippen LogP contribution in [0.3, 0.4) is 0 Å². The normalized spacial score (nSPS) is 12.8. The molecule has 0 aromatic rings. The Morgan fingerprint density at radius 3 is 1.88 bits per heavy atom. The third kappa shape index (κ3) is 1.73. The molecule has 0 aliphatic heterocycles. The van der Waals surface area contributed by atoms with Crippen molar-refractivity contribution >= 4 is 11.8 Å². The van der Waals surface area contributed by atoms with Gasteiger partial charge in [0.05, 0.1) is 0 Å². The van der Waals surface area contributed by atoms with Crippen LogP contribution in [-0.2, 0) is 9.59 Å². The highest BCUT2D eigenvalue weighted by molar-refractivity contribution is 5.96. The van der Waals surface area contributed by atoms with Gasteiger partial charge in [-0.3, -0.25) is 9.59 Å². The van der Waals surface area contributed by atoms with E-state index in [2.05, 4.69) is 0 Å². The quantitative estimate of drug-likeness (QED) is 0.528. The van der Waals surface area contributed by atoms with Crippen molar-refractivity contribution in [2.45, 2.75) is 13.8 Å². The number of ketones is 1. The molecule has 0 aliphatic carbocycles. The van der Waals surface area contributed by atoms with Gasteiger partial charge in [0.25, 0.3) is 0 Å². The molecule has 0 unspecified atom stereocenters. The van der Waals surface area contributed by atoms with Crippen molar-refractivity contribution in [3.8, 4) is 0 Å². The van der Waals surface area contributed by atoms with Crippen molar-refractivity contribution in [2.24, 2.45) is 5.92 Å². The topological polar surface area (TPSA) is 54.4 Å². The molecule has 0 aromatic heterocycles. The number of hydrogen-bond donors (Lipinski definition) is 1. The van der Waals surface area contributed by atoms with Crippen LogP contribution in [0.15, 0.2) is 0 Å². The summed E-state index contributed by atoms with van der Waals surface area (Å²) in [5.74, 6) is -2.22. The van der Waals surface area contributed by atoms with Crippen molar-refractivity contribution in [2.75, 3.05) is 0 Å². The highest BCUT2D eigenvalue weighted by Crippen LogP contribution is 1.93. The van der Waals surface area contributed by atoms with E-state index in [-0.39, 0.29) is 5.78 Å². The molecule has 3 nitrogen and oxygen atoms in total. The molecule has 1 N–H and O–H groups in total. The van der Waals surface area contributed by atoms with Crippen molar-refractivity contribution in [3.05, 3.63) is 0 Å². The first kappa shape index (κ1) is 7.14. The molecule has 0 fully saturated rings. The molecular weight excluding hydrogens is 108 g/mol. The van der Waals surface area contributed by atoms with Gasteiger partial charge in [0.15, 0.2) is 0 Å². The smallest absolute Gasteiger partial charge is 0.313 e. The Bertz CT molecular complexity index is 103. The molecule has 0 radical (unpaired) electrons. The lowest BCUT2D eigenvalue weighted by Crippen LogP contribution is -2.16. The van der Waals surface area contributed by atoms with E-state index in [1.807, 2.05) is 0 Å². The summed E-state index contributed by atoms with van der Waals surface area (Å²) in [5.41, 5.74) is 0. The molecule has 0 bridgehead atoms. The maximum atomic E-state index is 10.2. The van der Waals surface area contributed by atoms with Gasteiger partial charge in [-0.2, -0.15) is 0 Å². The number of Topliss-reactive ketones (excluding diaryl/α,β-unsaturated/α-hetero) is 1. The van der Waals surface area contributed by atoms with Crippen LogP contribution in [0.1, 0.15) is 13.8 Å². The molecule has 3 heteroatoms. The largest absolute Gasteiger partial charge is 0.481 e. The van der Waals surface area contributed by atoms with Crippen molar-refractivity contribution in [3.63, 3.8) is 0 Å². The summed E-state index contributed by atoms with van der Waals surface area (Å²) in [6.45, 7) is 2.63. The highest BCUT2D eigenvalue weighted by atomic mass is 16.4. The summed E-state index contributed by atoms with van der Waals surface area (Å²) in [6.07, 6.45) is 0. The van der Waals surface area contributed by atoms with E-state index in [1.165, 1.54) is 13.8 Å². The second-order valence-electron chi connectivity index (χ2n) is 1.67. The number of aliphatic carboxylic acids is 1. The van der Waals surface area contributed by atoms with Crippen LogP contribution in [0.5, 0.6) is 0 Å². The minimum atomic E-state index is -1.06. The van der Waals surface area contributed by atoms with Crippen molar-refractivity contribution < 1.29 is 14.7 Å². The highest BCUT2D eigenvalue weighted by Gasteiger charge is 2.14. The van der Waals surface area contributed by atoms with Gasteiger partial charge in [0.1, 0.15) is 11.7 Å². The molecule has 0 heterocycles. The Morgan fingerprint density at radius 2 is 1.88 bits per heavy atom. The summed E-state index contributed by atoms with van der Waals surface area (Å²) in [6, 6.07) is 0. The van der Waals surface area contributed by atoms with Crippen LogP contribution in [0.25, 0.3) is 0 Å². The van der Waals surface area contributed by atoms with E-state index >= 15 is 0 Å². The van der Waals surface area contributed by atoms with Crippen LogP contribution >= 0.6 is 0 Å². The van der Waals surface area contributed by atoms with Crippen LogP contribution in [0.2, 0.25) is 0 Å². The van der Waals surface area contributed by atoms with Gasteiger partial charge in [-0.25, -0.2) is 0 Å². The zero-order valence-electron chi connectivity index (χ0n) is 4.84. The number of hydrogen-bond acceptors (Lipinski definition) is 2. The fourth-order valence-corrected chi connectivity index (χ4v) is 0.174. The van der Waals surface area contributed by atoms with Crippen molar-refractivity contribution in [1.29, 1.82) is 0 Å². The van der Waals surface area contributed by atoms with Crippen LogP contribution < -0.4 is 0 Å². The third-order valence-electron chi connectivity index (χ3n) is 0.980. The van der Waals surface area contributed by atoms with Crippen LogP contribution in [0, 0.1) is 5.92 Å². The number of carboxylic acid groups (broad SMARTS) is 1. The first-order valence-electron chi connectivity index (χ1n) is 2.29. The Morgan fingerprint density at radius 1 is 1.50 bits per heavy atom. The van der Waals surface area contributed by atoms with E-state index < -0.39 is 11.9 Å². The molecular formula is C5H8O3. The van der Waals surface area contributed by atoms with E-state index in [0.29, 0.717) is 0 Å². The SMILES string of the molecule is CC(=O)[C@H](C)C(=O)O. The average molecular weight is 116 g/mol. The lowest BCUT2D eigenvalue weighted by molar-refractivity contribution is -0.144. The van der Waals surface area contributed by atoms with E-state index in [1.54, 1.807) is 0 Å². The Hall–Kier alpha value is -0.860. The molecule has 0 amide bonds. The summed E-state index contributed by atoms with van der Waals surface area (Å²) in [7, 11) is 0. The standard InChI is InChI=1S/C5H8O3/c1-3(4(2)6)5(7)8/h3H,1-2H3,(H,7,8)/t3-/m0/s1. The Kier molecular flexibility index (Phi) is 2.19. The molecule has 0 saturated carbocycles. The Labute approximate surface area is 47.3 Å². The summed E-state index contributed by atoms with van der Waals surface area (Å²) in [5, 5.41) is 8.13. The predicted molar refractivity (Wildman–Crippen MR) is 27.5 cm³/mol. The number of carbonyl (C=O) groups is 2. The second kappa shape index (κ2) is 2.45. The van der Waals surface area contributed by atoms with Gasteiger partial charge in [0.2, 0.25) is 0 Å². The average Bonchev–Trinajstić information content (AvgIpc) is 1.64. The lowest BCUT2D eigenvalue weighted by Gasteiger charge is -1.96. The van der Waals surface area contributed by atoms with Gasteiger partial charge in [-0.05, 0) is 13.8 Å². The maximum absolute atomic E-state index is 10.2. The first-order chi connectivity index (χ1) is 3.55. The van der Waals surface area contributed by atoms with Crippen LogP contribution in [0.4, 0.5) is 0 Å². The Balaban J connectivity index is 3.83. The van der Waals surface area contributed by atoms with Crippen LogP contribution in [-0.4, -0.2) is 16.9 Å². The maximum Gasteiger partial charge on any atom is 0.313 e. The summed E-state index contributed by atoms with van der Waals surface area (Å²) >= 11 is 0. The van der Waals surface area contributed by atoms with Crippen molar-refractivity contribution in [1.82, 2.24) is 0 Å². The van der Waals surface area contributed by atoms with Gasteiger partial charge < -0.3 is 5.11 Å². The lowest BCUT2D eigenvalue weighted by atomic mass is 10.1. The predicted octanol–water partition coefficient (Wildman–Crippen LogP) is 0.296. The molecule has 1 atom stereocenters. The molecule has 0 aromatic carbocycles. The number of carboxylic acids is 1. The number of carbonyl (C=O) groups excluding carboxylic acids is 1. The van der Waals surface area contributed by atoms with Gasteiger partial charge in [0, 0.05) is 0 Å². The van der Waals surface area contributed by atoms with Gasteiger partial charge in [-0.1, -0.05) is 0 Å². The number of rotatable bonds is 2. The van der Waals surface area contributed by atoms with E-state index in [0.717, 1.165) is 0 Å². The molecule has 0 rings (SSSR count). The zero-order valence-corrected chi connectivity index (χ0v) is 4.84. The molecule has 46 valence electrons. The fraction of sp³-hybridized carbons (Fsp3) is 0.600. The second-order valence-corrected chi connectivity index (χ2v) is 1.67. The summed E-state index contributed by atoms with van der Waals surface area (Å²) < 4.78 is 0. The van der Waals surface area contributed by atoms with Gasteiger partial charge >= 0.3 is 5.97 Å². The minimum Gasteiger partial charge on any atom is -0.481 e. The minimum absolute atomic E-state index is 0.308. The molecule has 0 spiro atoms.